The monoisotopic (exact) mass is 329 g/mol. The maximum atomic E-state index is 11.1. The summed E-state index contributed by atoms with van der Waals surface area (Å²) in [5.41, 5.74) is 5.31. The highest BCUT2D eigenvalue weighted by Gasteiger charge is 2.24. The molecule has 0 aliphatic carbocycles. The maximum absolute atomic E-state index is 11.1. The van der Waals surface area contributed by atoms with Crippen molar-refractivity contribution in [3.05, 3.63) is 37.5 Å². The molecule has 0 aromatic rings. The van der Waals surface area contributed by atoms with Gasteiger partial charge in [0.15, 0.2) is 5.72 Å². The number of hydrogen-bond acceptors (Lipinski definition) is 6. The molecule has 0 bridgehead atoms. The molecule has 7 heteroatoms. The fraction of sp³-hybridized carbons (Fsp3) is 0.438. The molecular weight excluding hydrogens is 302 g/mol. The van der Waals surface area contributed by atoms with Crippen LogP contribution in [0.4, 0.5) is 0 Å². The highest BCUT2D eigenvalue weighted by atomic mass is 16.6. The molecule has 0 spiro atoms. The molecule has 0 radical (unpaired) electrons. The number of rotatable bonds is 6. The van der Waals surface area contributed by atoms with E-state index in [1.807, 2.05) is 13.8 Å². The normalized spacial score (nSPS) is 8.91. The second kappa shape index (κ2) is 14.5. The largest absolute Gasteiger partial charge is 0.478 e. The van der Waals surface area contributed by atoms with Gasteiger partial charge in [-0.25, -0.2) is 14.4 Å². The number of methoxy groups -OCH3 is 1. The number of hydrogen-bond donors (Lipinski definition) is 2. The van der Waals surface area contributed by atoms with E-state index in [0.29, 0.717) is 18.4 Å². The van der Waals surface area contributed by atoms with Crippen molar-refractivity contribution in [3.8, 4) is 0 Å². The van der Waals surface area contributed by atoms with Gasteiger partial charge in [0.1, 0.15) is 0 Å². The van der Waals surface area contributed by atoms with Crippen LogP contribution in [0, 0.1) is 0 Å². The molecule has 0 heterocycles. The summed E-state index contributed by atoms with van der Waals surface area (Å²) < 4.78 is 9.18. The van der Waals surface area contributed by atoms with Crippen molar-refractivity contribution >= 4 is 17.9 Å². The Morgan fingerprint density at radius 3 is 1.70 bits per heavy atom. The lowest BCUT2D eigenvalue weighted by Crippen LogP contribution is -2.43. The van der Waals surface area contributed by atoms with Crippen LogP contribution in [0.2, 0.25) is 0 Å². The first-order valence-electron chi connectivity index (χ1n) is 6.76. The van der Waals surface area contributed by atoms with Crippen LogP contribution in [0.3, 0.4) is 0 Å². The van der Waals surface area contributed by atoms with E-state index in [-0.39, 0.29) is 0 Å². The van der Waals surface area contributed by atoms with Crippen LogP contribution in [0.5, 0.6) is 0 Å². The van der Waals surface area contributed by atoms with Crippen molar-refractivity contribution in [3.63, 3.8) is 0 Å². The standard InChI is InChI=1S/C9H17NO2.C4H6O2.C3H4O2/c1-5-9(10,6-2)12-8(11)7(3)4;1-3-4(5)6-2;1-2-3(4)5/h3,5-6,10H2,1-2,4H3;3H,1H2,2H3;2H,1H2,(H,4,5). The van der Waals surface area contributed by atoms with Gasteiger partial charge in [-0.2, -0.15) is 0 Å². The third-order valence-electron chi connectivity index (χ3n) is 2.38. The lowest BCUT2D eigenvalue weighted by Gasteiger charge is -2.26. The molecule has 0 fully saturated rings. The summed E-state index contributed by atoms with van der Waals surface area (Å²) in [6.45, 7) is 15.0. The van der Waals surface area contributed by atoms with Crippen LogP contribution < -0.4 is 5.73 Å². The minimum absolute atomic E-state index is 0.381. The summed E-state index contributed by atoms with van der Waals surface area (Å²) in [6.07, 6.45) is 3.17. The number of nitrogens with two attached hydrogens (primary N) is 1. The first-order chi connectivity index (χ1) is 10.5. The van der Waals surface area contributed by atoms with Crippen LogP contribution >= 0.6 is 0 Å². The van der Waals surface area contributed by atoms with Crippen molar-refractivity contribution in [2.75, 3.05) is 7.11 Å². The number of aliphatic carboxylic acids is 1. The molecule has 23 heavy (non-hydrogen) atoms. The van der Waals surface area contributed by atoms with E-state index < -0.39 is 23.6 Å². The summed E-state index contributed by atoms with van der Waals surface area (Å²) >= 11 is 0. The van der Waals surface area contributed by atoms with Crippen molar-refractivity contribution in [2.24, 2.45) is 5.73 Å². The van der Waals surface area contributed by atoms with E-state index in [2.05, 4.69) is 24.5 Å². The van der Waals surface area contributed by atoms with Gasteiger partial charge in [0.05, 0.1) is 7.11 Å². The first kappa shape index (κ1) is 25.5. The van der Waals surface area contributed by atoms with E-state index in [1.54, 1.807) is 6.92 Å². The predicted octanol–water partition coefficient (Wildman–Crippen LogP) is 2.18. The second-order valence-electron chi connectivity index (χ2n) is 4.21. The van der Waals surface area contributed by atoms with Gasteiger partial charge >= 0.3 is 17.9 Å². The molecule has 0 amide bonds. The van der Waals surface area contributed by atoms with Gasteiger partial charge in [-0.3, -0.25) is 5.73 Å². The quantitative estimate of drug-likeness (QED) is 0.436. The van der Waals surface area contributed by atoms with Crippen molar-refractivity contribution in [1.29, 1.82) is 0 Å². The van der Waals surface area contributed by atoms with E-state index in [9.17, 15) is 14.4 Å². The Hall–Kier alpha value is -2.41. The first-order valence-corrected chi connectivity index (χ1v) is 6.76. The average molecular weight is 329 g/mol. The van der Waals surface area contributed by atoms with Crippen LogP contribution in [0.25, 0.3) is 0 Å². The molecule has 3 N–H and O–H groups in total. The van der Waals surface area contributed by atoms with Crippen molar-refractivity contribution in [2.45, 2.75) is 39.3 Å². The molecule has 0 aromatic carbocycles. The number of esters is 2. The fourth-order valence-electron chi connectivity index (χ4n) is 0.749. The van der Waals surface area contributed by atoms with Gasteiger partial charge in [-0.1, -0.05) is 33.6 Å². The minimum Gasteiger partial charge on any atom is -0.478 e. The summed E-state index contributed by atoms with van der Waals surface area (Å²) in [5.74, 6) is -1.79. The Morgan fingerprint density at radius 2 is 1.57 bits per heavy atom. The van der Waals surface area contributed by atoms with Gasteiger partial charge in [0.2, 0.25) is 0 Å². The zero-order valence-electron chi connectivity index (χ0n) is 14.3. The van der Waals surface area contributed by atoms with Crippen LogP contribution in [0.1, 0.15) is 33.6 Å². The van der Waals surface area contributed by atoms with E-state index >= 15 is 0 Å². The average Bonchev–Trinajstić information content (AvgIpc) is 2.54. The molecule has 0 saturated heterocycles. The molecule has 0 rings (SSSR count). The zero-order valence-corrected chi connectivity index (χ0v) is 14.3. The number of carbonyl (C=O) groups is 3. The van der Waals surface area contributed by atoms with Gasteiger partial charge in [0.25, 0.3) is 0 Å². The van der Waals surface area contributed by atoms with Gasteiger partial charge < -0.3 is 14.6 Å². The van der Waals surface area contributed by atoms with E-state index in [1.165, 1.54) is 7.11 Å². The number of carbonyl (C=O) groups excluding carboxylic acids is 2. The van der Waals surface area contributed by atoms with E-state index in [4.69, 9.17) is 15.6 Å². The van der Waals surface area contributed by atoms with Crippen LogP contribution in [0.15, 0.2) is 37.5 Å². The zero-order chi connectivity index (χ0) is 19.1. The number of carboxylic acids is 1. The Bertz CT molecular complexity index is 424. The summed E-state index contributed by atoms with van der Waals surface area (Å²) in [4.78, 5) is 30.2. The summed E-state index contributed by atoms with van der Waals surface area (Å²) in [6, 6.07) is 0. The van der Waals surface area contributed by atoms with Crippen molar-refractivity contribution in [1.82, 2.24) is 0 Å². The number of ether oxygens (including phenoxy) is 2. The third-order valence-corrected chi connectivity index (χ3v) is 2.38. The SMILES string of the molecule is C=C(C)C(=O)OC(N)(CC)CC.C=CC(=O)O.C=CC(=O)OC. The van der Waals surface area contributed by atoms with Crippen LogP contribution in [-0.2, 0) is 23.9 Å². The van der Waals surface area contributed by atoms with Gasteiger partial charge in [-0.15, -0.1) is 0 Å². The molecule has 0 atom stereocenters. The van der Waals surface area contributed by atoms with Gasteiger partial charge in [0, 0.05) is 17.7 Å². The minimum atomic E-state index is -0.981. The molecule has 132 valence electrons. The Kier molecular flexibility index (Phi) is 16.1. The summed E-state index contributed by atoms with van der Waals surface area (Å²) in [7, 11) is 1.31. The van der Waals surface area contributed by atoms with E-state index in [0.717, 1.165) is 12.2 Å². The third kappa shape index (κ3) is 17.5. The lowest BCUT2D eigenvalue weighted by atomic mass is 10.1. The molecule has 7 nitrogen and oxygen atoms in total. The van der Waals surface area contributed by atoms with Crippen molar-refractivity contribution < 1.29 is 29.0 Å². The summed E-state index contributed by atoms with van der Waals surface area (Å²) in [5, 5.41) is 7.60. The highest BCUT2D eigenvalue weighted by Crippen LogP contribution is 2.14. The maximum Gasteiger partial charge on any atom is 0.334 e. The topological polar surface area (TPSA) is 116 Å². The molecule has 0 aliphatic heterocycles. The van der Waals surface area contributed by atoms with Crippen LogP contribution in [-0.4, -0.2) is 35.8 Å². The Morgan fingerprint density at radius 1 is 1.17 bits per heavy atom. The molecule has 0 unspecified atom stereocenters. The molecular formula is C16H27NO6. The fourth-order valence-corrected chi connectivity index (χ4v) is 0.749. The smallest absolute Gasteiger partial charge is 0.334 e. The molecule has 0 aromatic heterocycles. The molecule has 0 aliphatic rings. The Labute approximate surface area is 137 Å². The number of carboxylic acid groups (broad SMARTS) is 1. The van der Waals surface area contributed by atoms with Gasteiger partial charge in [-0.05, 0) is 19.8 Å². The highest BCUT2D eigenvalue weighted by molar-refractivity contribution is 5.87. The lowest BCUT2D eigenvalue weighted by molar-refractivity contribution is -0.155. The Balaban J connectivity index is -0.000000303. The predicted molar refractivity (Wildman–Crippen MR) is 88.5 cm³/mol. The second-order valence-corrected chi connectivity index (χ2v) is 4.21. The molecule has 0 saturated carbocycles.